The predicted molar refractivity (Wildman–Crippen MR) is 41.0 cm³/mol. The maximum atomic E-state index is 5.23. The van der Waals surface area contributed by atoms with Crippen molar-refractivity contribution in [2.75, 3.05) is 0 Å². The van der Waals surface area contributed by atoms with Gasteiger partial charge in [0.05, 0.1) is 6.26 Å². The summed E-state index contributed by atoms with van der Waals surface area (Å²) in [6.07, 6.45) is 6.05. The van der Waals surface area contributed by atoms with Crippen molar-refractivity contribution in [2.24, 2.45) is 0 Å². The highest BCUT2D eigenvalue weighted by Gasteiger charge is 2.07. The average Bonchev–Trinajstić information content (AvgIpc) is 1.91. The fourth-order valence-electron chi connectivity index (χ4n) is 0.719. The van der Waals surface area contributed by atoms with Gasteiger partial charge in [0.2, 0.25) is 0 Å². The number of allylic oxidation sites excluding steroid dienone is 1. The molecular weight excluding hydrogens is 132 g/mol. The SMILES string of the molecule is C=CS[C@H]1CCC=CO1. The largest absolute Gasteiger partial charge is 0.487 e. The molecule has 0 fully saturated rings. The van der Waals surface area contributed by atoms with Crippen molar-refractivity contribution in [1.29, 1.82) is 0 Å². The summed E-state index contributed by atoms with van der Waals surface area (Å²) in [4.78, 5) is 0. The lowest BCUT2D eigenvalue weighted by Crippen LogP contribution is -2.05. The van der Waals surface area contributed by atoms with Crippen molar-refractivity contribution in [2.45, 2.75) is 18.3 Å². The van der Waals surface area contributed by atoms with Crippen molar-refractivity contribution >= 4 is 11.8 Å². The molecule has 9 heavy (non-hydrogen) atoms. The van der Waals surface area contributed by atoms with Gasteiger partial charge in [0.25, 0.3) is 0 Å². The molecule has 0 saturated carbocycles. The van der Waals surface area contributed by atoms with E-state index < -0.39 is 0 Å². The lowest BCUT2D eigenvalue weighted by Gasteiger charge is -2.16. The van der Waals surface area contributed by atoms with Gasteiger partial charge in [-0.2, -0.15) is 0 Å². The van der Waals surface area contributed by atoms with Crippen LogP contribution in [0.3, 0.4) is 0 Å². The molecule has 0 radical (unpaired) electrons. The third-order valence-corrected chi connectivity index (χ3v) is 1.99. The Morgan fingerprint density at radius 3 is 3.22 bits per heavy atom. The smallest absolute Gasteiger partial charge is 0.147 e. The summed E-state index contributed by atoms with van der Waals surface area (Å²) in [5.41, 5.74) is 0.312. The molecule has 0 aromatic rings. The lowest BCUT2D eigenvalue weighted by atomic mass is 10.3. The molecular formula is C7H10OS. The van der Waals surface area contributed by atoms with Gasteiger partial charge in [0, 0.05) is 0 Å². The van der Waals surface area contributed by atoms with Crippen LogP contribution in [-0.4, -0.2) is 5.44 Å². The normalized spacial score (nSPS) is 25.1. The van der Waals surface area contributed by atoms with E-state index in [1.165, 1.54) is 0 Å². The Bertz CT molecular complexity index is 120. The summed E-state index contributed by atoms with van der Waals surface area (Å²) >= 11 is 1.64. The predicted octanol–water partition coefficient (Wildman–Crippen LogP) is 2.51. The van der Waals surface area contributed by atoms with Gasteiger partial charge in [-0.15, -0.1) is 0 Å². The first-order valence-electron chi connectivity index (χ1n) is 3.00. The second kappa shape index (κ2) is 3.62. The third-order valence-electron chi connectivity index (χ3n) is 1.14. The molecule has 1 atom stereocenters. The Kier molecular flexibility index (Phi) is 2.71. The zero-order valence-electron chi connectivity index (χ0n) is 5.25. The molecule has 1 aliphatic rings. The van der Waals surface area contributed by atoms with Gasteiger partial charge < -0.3 is 4.74 Å². The number of hydrogen-bond acceptors (Lipinski definition) is 2. The van der Waals surface area contributed by atoms with E-state index in [1.54, 1.807) is 18.0 Å². The Balaban J connectivity index is 2.26. The summed E-state index contributed by atoms with van der Waals surface area (Å²) in [5, 5.41) is 1.82. The van der Waals surface area contributed by atoms with Gasteiger partial charge >= 0.3 is 0 Å². The van der Waals surface area contributed by atoms with Gasteiger partial charge in [0.15, 0.2) is 0 Å². The van der Waals surface area contributed by atoms with Crippen molar-refractivity contribution in [3.8, 4) is 0 Å². The number of ether oxygens (including phenoxy) is 1. The molecule has 0 aromatic heterocycles. The minimum Gasteiger partial charge on any atom is -0.487 e. The van der Waals surface area contributed by atoms with Crippen LogP contribution in [0.2, 0.25) is 0 Å². The highest BCUT2D eigenvalue weighted by Crippen LogP contribution is 2.21. The van der Waals surface area contributed by atoms with Gasteiger partial charge in [-0.05, 0) is 24.3 Å². The Morgan fingerprint density at radius 1 is 1.78 bits per heavy atom. The summed E-state index contributed by atoms with van der Waals surface area (Å²) in [5.74, 6) is 0. The van der Waals surface area contributed by atoms with E-state index in [2.05, 4.69) is 6.58 Å². The average molecular weight is 142 g/mol. The topological polar surface area (TPSA) is 9.23 Å². The van der Waals surface area contributed by atoms with Crippen molar-refractivity contribution in [3.05, 3.63) is 24.3 Å². The van der Waals surface area contributed by atoms with E-state index in [1.807, 2.05) is 11.5 Å². The van der Waals surface area contributed by atoms with Gasteiger partial charge in [-0.1, -0.05) is 18.3 Å². The third kappa shape index (κ3) is 2.14. The van der Waals surface area contributed by atoms with E-state index in [0.29, 0.717) is 5.44 Å². The monoisotopic (exact) mass is 142 g/mol. The van der Waals surface area contributed by atoms with E-state index in [-0.39, 0.29) is 0 Å². The van der Waals surface area contributed by atoms with Crippen LogP contribution in [0.4, 0.5) is 0 Å². The van der Waals surface area contributed by atoms with Gasteiger partial charge in [-0.25, -0.2) is 0 Å². The van der Waals surface area contributed by atoms with Crippen molar-refractivity contribution in [1.82, 2.24) is 0 Å². The molecule has 1 heterocycles. The molecule has 0 amide bonds. The van der Waals surface area contributed by atoms with E-state index in [4.69, 9.17) is 4.74 Å². The van der Waals surface area contributed by atoms with E-state index in [9.17, 15) is 0 Å². The molecule has 0 aromatic carbocycles. The molecule has 0 spiro atoms. The molecule has 0 N–H and O–H groups in total. The van der Waals surface area contributed by atoms with Crippen molar-refractivity contribution in [3.63, 3.8) is 0 Å². The highest BCUT2D eigenvalue weighted by atomic mass is 32.2. The first-order valence-corrected chi connectivity index (χ1v) is 3.94. The van der Waals surface area contributed by atoms with Crippen molar-refractivity contribution < 1.29 is 4.74 Å². The minimum atomic E-state index is 0.312. The highest BCUT2D eigenvalue weighted by molar-refractivity contribution is 8.02. The minimum absolute atomic E-state index is 0.312. The lowest BCUT2D eigenvalue weighted by molar-refractivity contribution is 0.201. The number of hydrogen-bond donors (Lipinski definition) is 0. The molecule has 2 heteroatoms. The standard InChI is InChI=1S/C7H10OS/c1-2-9-7-5-3-4-6-8-7/h2,4,6-7H,1,3,5H2/t7-/m0/s1. The second-order valence-electron chi connectivity index (χ2n) is 1.82. The first-order chi connectivity index (χ1) is 4.43. The maximum Gasteiger partial charge on any atom is 0.147 e. The Hall–Kier alpha value is -0.370. The second-order valence-corrected chi connectivity index (χ2v) is 2.95. The molecule has 50 valence electrons. The molecule has 1 rings (SSSR count). The summed E-state index contributed by atoms with van der Waals surface area (Å²) in [6.45, 7) is 3.61. The van der Waals surface area contributed by atoms with Gasteiger partial charge in [-0.3, -0.25) is 0 Å². The van der Waals surface area contributed by atoms with Crippen LogP contribution in [0.15, 0.2) is 24.3 Å². The molecule has 0 bridgehead atoms. The number of thioether (sulfide) groups is 1. The molecule has 0 saturated heterocycles. The fraction of sp³-hybridized carbons (Fsp3) is 0.429. The molecule has 1 nitrogen and oxygen atoms in total. The molecule has 0 aliphatic carbocycles. The summed E-state index contributed by atoms with van der Waals surface area (Å²) in [6, 6.07) is 0. The van der Waals surface area contributed by atoms with Crippen LogP contribution >= 0.6 is 11.8 Å². The summed E-state index contributed by atoms with van der Waals surface area (Å²) < 4.78 is 5.23. The fourth-order valence-corrected chi connectivity index (χ4v) is 1.33. The number of rotatable bonds is 2. The van der Waals surface area contributed by atoms with Gasteiger partial charge in [0.1, 0.15) is 5.44 Å². The zero-order valence-corrected chi connectivity index (χ0v) is 6.06. The first kappa shape index (κ1) is 6.75. The molecule has 0 unspecified atom stereocenters. The van der Waals surface area contributed by atoms with Crippen LogP contribution in [0.5, 0.6) is 0 Å². The zero-order chi connectivity index (χ0) is 6.53. The summed E-state index contributed by atoms with van der Waals surface area (Å²) in [7, 11) is 0. The van der Waals surface area contributed by atoms with E-state index >= 15 is 0 Å². The van der Waals surface area contributed by atoms with Crippen LogP contribution in [0, 0.1) is 0 Å². The Morgan fingerprint density at radius 2 is 2.67 bits per heavy atom. The molecule has 1 aliphatic heterocycles. The van der Waals surface area contributed by atoms with E-state index in [0.717, 1.165) is 12.8 Å². The van der Waals surface area contributed by atoms with Crippen LogP contribution < -0.4 is 0 Å². The van der Waals surface area contributed by atoms with Crippen LogP contribution in [0.1, 0.15) is 12.8 Å². The van der Waals surface area contributed by atoms with Crippen LogP contribution in [-0.2, 0) is 4.74 Å². The Labute approximate surface area is 59.8 Å². The maximum absolute atomic E-state index is 5.23. The quantitative estimate of drug-likeness (QED) is 0.586. The van der Waals surface area contributed by atoms with Crippen LogP contribution in [0.25, 0.3) is 0 Å².